The fourth-order valence-corrected chi connectivity index (χ4v) is 3.53. The number of hydrogen-bond donors (Lipinski definition) is 0. The van der Waals surface area contributed by atoms with Gasteiger partial charge in [-0.3, -0.25) is 0 Å². The molecule has 4 rings (SSSR count). The van der Waals surface area contributed by atoms with Crippen LogP contribution in [0.25, 0.3) is 32.7 Å². The third kappa shape index (κ3) is 2.65. The fourth-order valence-electron chi connectivity index (χ4n) is 3.08. The molecule has 0 radical (unpaired) electrons. The molecule has 0 heterocycles. The molecular formula is C20H8BrF5. The summed E-state index contributed by atoms with van der Waals surface area (Å²) in [5, 5.41) is 1.05. The molecular weight excluding hydrogens is 415 g/mol. The minimum atomic E-state index is -1.59. The van der Waals surface area contributed by atoms with Crippen LogP contribution in [0.1, 0.15) is 0 Å². The molecule has 0 aromatic heterocycles. The Labute approximate surface area is 153 Å². The third-order valence-electron chi connectivity index (χ3n) is 4.22. The van der Waals surface area contributed by atoms with Gasteiger partial charge in [-0.1, -0.05) is 28.1 Å². The molecule has 0 aliphatic carbocycles. The van der Waals surface area contributed by atoms with Gasteiger partial charge in [-0.25, -0.2) is 22.0 Å². The van der Waals surface area contributed by atoms with Gasteiger partial charge in [-0.2, -0.15) is 0 Å². The Balaban J connectivity index is 2.03. The predicted octanol–water partition coefficient (Wildman–Crippen LogP) is 7.12. The van der Waals surface area contributed by atoms with Gasteiger partial charge in [0.15, 0.2) is 17.5 Å². The molecule has 130 valence electrons. The van der Waals surface area contributed by atoms with Crippen molar-refractivity contribution in [2.24, 2.45) is 0 Å². The van der Waals surface area contributed by atoms with Gasteiger partial charge in [-0.05, 0) is 58.3 Å². The topological polar surface area (TPSA) is 0 Å². The Hall–Kier alpha value is -2.47. The highest BCUT2D eigenvalue weighted by Crippen LogP contribution is 2.35. The van der Waals surface area contributed by atoms with E-state index in [1.54, 1.807) is 18.2 Å². The maximum absolute atomic E-state index is 14.8. The van der Waals surface area contributed by atoms with E-state index in [0.717, 1.165) is 18.2 Å². The predicted molar refractivity (Wildman–Crippen MR) is 94.4 cm³/mol. The number of benzene rings is 4. The van der Waals surface area contributed by atoms with E-state index in [1.807, 2.05) is 0 Å². The highest BCUT2D eigenvalue weighted by molar-refractivity contribution is 9.10. The largest absolute Gasteiger partial charge is 0.206 e. The highest BCUT2D eigenvalue weighted by atomic mass is 79.9. The van der Waals surface area contributed by atoms with Crippen molar-refractivity contribution < 1.29 is 22.0 Å². The quantitative estimate of drug-likeness (QED) is 0.174. The molecule has 26 heavy (non-hydrogen) atoms. The minimum Gasteiger partial charge on any atom is -0.206 e. The van der Waals surface area contributed by atoms with E-state index < -0.39 is 29.1 Å². The van der Waals surface area contributed by atoms with Crippen LogP contribution in [0.4, 0.5) is 22.0 Å². The van der Waals surface area contributed by atoms with E-state index in [1.165, 1.54) is 12.1 Å². The van der Waals surface area contributed by atoms with Crippen LogP contribution in [0.5, 0.6) is 0 Å². The molecule has 0 aliphatic heterocycles. The van der Waals surface area contributed by atoms with Crippen molar-refractivity contribution in [1.82, 2.24) is 0 Å². The van der Waals surface area contributed by atoms with Gasteiger partial charge in [-0.15, -0.1) is 0 Å². The van der Waals surface area contributed by atoms with Crippen molar-refractivity contribution in [2.45, 2.75) is 0 Å². The molecule has 0 bridgehead atoms. The van der Waals surface area contributed by atoms with E-state index in [4.69, 9.17) is 0 Å². The van der Waals surface area contributed by atoms with Crippen LogP contribution >= 0.6 is 15.9 Å². The summed E-state index contributed by atoms with van der Waals surface area (Å²) in [5.41, 5.74) is 0.142. The zero-order chi connectivity index (χ0) is 18.6. The summed E-state index contributed by atoms with van der Waals surface area (Å²) >= 11 is 3.19. The van der Waals surface area contributed by atoms with E-state index in [0.29, 0.717) is 15.2 Å². The van der Waals surface area contributed by atoms with Crippen LogP contribution in [-0.2, 0) is 0 Å². The first-order valence-corrected chi connectivity index (χ1v) is 8.30. The maximum atomic E-state index is 14.8. The summed E-state index contributed by atoms with van der Waals surface area (Å²) in [4.78, 5) is 0. The number of fused-ring (bicyclic) bond motifs is 3. The molecule has 0 unspecified atom stereocenters. The zero-order valence-corrected chi connectivity index (χ0v) is 14.5. The number of hydrogen-bond acceptors (Lipinski definition) is 0. The molecule has 0 spiro atoms. The highest BCUT2D eigenvalue weighted by Gasteiger charge is 2.16. The van der Waals surface area contributed by atoms with Crippen molar-refractivity contribution in [2.75, 3.05) is 0 Å². The molecule has 0 fully saturated rings. The molecule has 0 atom stereocenters. The van der Waals surface area contributed by atoms with Gasteiger partial charge in [0.25, 0.3) is 0 Å². The SMILES string of the molecule is Fc1cc(-c2cc(F)c3c(ccc4cc(Br)cc(F)c43)c2)cc(F)c1F. The second kappa shape index (κ2) is 6.06. The standard InChI is InChI=1S/C20H8BrF5/c21-13-4-10-2-1-9-3-11(12-6-16(24)20(26)17(25)7-12)5-14(22)18(9)19(10)15(23)8-13/h1-8H. The number of halogens is 6. The van der Waals surface area contributed by atoms with Gasteiger partial charge in [0.2, 0.25) is 0 Å². The lowest BCUT2D eigenvalue weighted by atomic mass is 9.96. The Morgan fingerprint density at radius 1 is 0.538 bits per heavy atom. The number of rotatable bonds is 1. The monoisotopic (exact) mass is 422 g/mol. The van der Waals surface area contributed by atoms with Crippen LogP contribution in [0.15, 0.2) is 53.0 Å². The Kier molecular flexibility index (Phi) is 3.95. The van der Waals surface area contributed by atoms with Crippen molar-refractivity contribution in [1.29, 1.82) is 0 Å². The van der Waals surface area contributed by atoms with Crippen molar-refractivity contribution >= 4 is 37.5 Å². The summed E-state index contributed by atoms with van der Waals surface area (Å²) in [7, 11) is 0. The smallest absolute Gasteiger partial charge is 0.194 e. The van der Waals surface area contributed by atoms with Crippen molar-refractivity contribution in [3.8, 4) is 11.1 Å². The van der Waals surface area contributed by atoms with E-state index in [2.05, 4.69) is 15.9 Å². The Morgan fingerprint density at radius 3 is 1.62 bits per heavy atom. The molecule has 0 nitrogen and oxygen atoms in total. The first kappa shape index (κ1) is 17.0. The summed E-state index contributed by atoms with van der Waals surface area (Å²) < 4.78 is 69.8. The molecule has 0 aliphatic rings. The third-order valence-corrected chi connectivity index (χ3v) is 4.67. The lowest BCUT2D eigenvalue weighted by Crippen LogP contribution is -1.93. The second-order valence-electron chi connectivity index (χ2n) is 5.86. The summed E-state index contributed by atoms with van der Waals surface area (Å²) in [5.74, 6) is -5.65. The van der Waals surface area contributed by atoms with E-state index >= 15 is 0 Å². The molecule has 4 aromatic carbocycles. The van der Waals surface area contributed by atoms with Gasteiger partial charge in [0.1, 0.15) is 11.6 Å². The van der Waals surface area contributed by atoms with Crippen LogP contribution in [0.2, 0.25) is 0 Å². The molecule has 0 saturated carbocycles. The van der Waals surface area contributed by atoms with Crippen molar-refractivity contribution in [3.05, 3.63) is 82.1 Å². The average molecular weight is 423 g/mol. The summed E-state index contributed by atoms with van der Waals surface area (Å²) in [6.45, 7) is 0. The molecule has 0 N–H and O–H groups in total. The normalized spacial score (nSPS) is 11.5. The Bertz CT molecular complexity index is 1180. The van der Waals surface area contributed by atoms with Gasteiger partial charge in [0.05, 0.1) is 0 Å². The second-order valence-corrected chi connectivity index (χ2v) is 6.78. The Morgan fingerprint density at radius 2 is 1.00 bits per heavy atom. The summed E-state index contributed by atoms with van der Waals surface area (Å²) in [6, 6.07) is 10.2. The maximum Gasteiger partial charge on any atom is 0.194 e. The van der Waals surface area contributed by atoms with Gasteiger partial charge >= 0.3 is 0 Å². The summed E-state index contributed by atoms with van der Waals surface area (Å²) in [6.07, 6.45) is 0. The van der Waals surface area contributed by atoms with Crippen LogP contribution < -0.4 is 0 Å². The lowest BCUT2D eigenvalue weighted by Gasteiger charge is -2.10. The first-order chi connectivity index (χ1) is 12.3. The fraction of sp³-hybridized carbons (Fsp3) is 0. The molecule has 0 amide bonds. The van der Waals surface area contributed by atoms with Crippen LogP contribution in [0, 0.1) is 29.1 Å². The molecule has 4 aromatic rings. The minimum absolute atomic E-state index is 0.0152. The van der Waals surface area contributed by atoms with Crippen LogP contribution in [-0.4, -0.2) is 0 Å². The lowest BCUT2D eigenvalue weighted by molar-refractivity contribution is 0.447. The van der Waals surface area contributed by atoms with Crippen LogP contribution in [0.3, 0.4) is 0 Å². The van der Waals surface area contributed by atoms with Gasteiger partial charge < -0.3 is 0 Å². The van der Waals surface area contributed by atoms with E-state index in [-0.39, 0.29) is 21.9 Å². The molecule has 0 saturated heterocycles. The first-order valence-electron chi connectivity index (χ1n) is 7.51. The van der Waals surface area contributed by atoms with E-state index in [9.17, 15) is 22.0 Å². The molecule has 6 heteroatoms. The van der Waals surface area contributed by atoms with Crippen molar-refractivity contribution in [3.63, 3.8) is 0 Å². The van der Waals surface area contributed by atoms with Gasteiger partial charge in [0, 0.05) is 15.2 Å². The zero-order valence-electron chi connectivity index (χ0n) is 12.9. The average Bonchev–Trinajstić information content (AvgIpc) is 2.58.